The summed E-state index contributed by atoms with van der Waals surface area (Å²) in [6.07, 6.45) is 3.12. The average Bonchev–Trinajstić information content (AvgIpc) is 2.52. The first-order valence-corrected chi connectivity index (χ1v) is 6.90. The summed E-state index contributed by atoms with van der Waals surface area (Å²) < 4.78 is 13.2. The van der Waals surface area contributed by atoms with Gasteiger partial charge in [-0.1, -0.05) is 12.1 Å². The van der Waals surface area contributed by atoms with Crippen molar-refractivity contribution in [2.24, 2.45) is 0 Å². The number of nitrogens with zero attached hydrogens (tertiary/aromatic N) is 1. The number of anilines is 1. The van der Waals surface area contributed by atoms with Gasteiger partial charge in [-0.05, 0) is 36.2 Å². The zero-order valence-electron chi connectivity index (χ0n) is 11.4. The van der Waals surface area contributed by atoms with Gasteiger partial charge in [0, 0.05) is 24.3 Å². The lowest BCUT2D eigenvalue weighted by Crippen LogP contribution is -2.55. The molecule has 5 heteroatoms. The third-order valence-electron chi connectivity index (χ3n) is 3.60. The molecule has 1 aliphatic heterocycles. The molecule has 0 bridgehead atoms. The number of alkyl halides is 1. The fourth-order valence-corrected chi connectivity index (χ4v) is 2.26. The Morgan fingerprint density at radius 3 is 2.71 bits per heavy atom. The maximum atomic E-state index is 13.2. The molecule has 2 atom stereocenters. The number of nitrogens with one attached hydrogen (secondary N) is 2. The van der Waals surface area contributed by atoms with Crippen LogP contribution >= 0.6 is 0 Å². The molecule has 0 radical (unpaired) electrons. The molecule has 2 heterocycles. The van der Waals surface area contributed by atoms with Crippen LogP contribution in [-0.4, -0.2) is 29.6 Å². The highest BCUT2D eigenvalue weighted by atomic mass is 19.1. The number of amides is 1. The molecule has 21 heavy (non-hydrogen) atoms. The first kappa shape index (κ1) is 13.7. The van der Waals surface area contributed by atoms with E-state index in [4.69, 9.17) is 0 Å². The molecule has 1 aromatic carbocycles. The summed E-state index contributed by atoms with van der Waals surface area (Å²) in [4.78, 5) is 16.0. The first-order valence-electron chi connectivity index (χ1n) is 6.90. The highest BCUT2D eigenvalue weighted by molar-refractivity contribution is 6.04. The second kappa shape index (κ2) is 6.01. The average molecular weight is 285 g/mol. The van der Waals surface area contributed by atoms with Crippen LogP contribution in [0.4, 0.5) is 10.1 Å². The Kier molecular flexibility index (Phi) is 3.92. The third-order valence-corrected chi connectivity index (χ3v) is 3.60. The monoisotopic (exact) mass is 285 g/mol. The summed E-state index contributed by atoms with van der Waals surface area (Å²) in [5.41, 5.74) is 2.25. The van der Waals surface area contributed by atoms with Gasteiger partial charge in [0.25, 0.3) is 5.91 Å². The lowest BCUT2D eigenvalue weighted by molar-refractivity contribution is 0.102. The number of hydrogen-bond acceptors (Lipinski definition) is 3. The van der Waals surface area contributed by atoms with Crippen LogP contribution < -0.4 is 10.6 Å². The second-order valence-corrected chi connectivity index (χ2v) is 5.13. The number of pyridine rings is 1. The van der Waals surface area contributed by atoms with Gasteiger partial charge in [-0.15, -0.1) is 0 Å². The zero-order valence-corrected chi connectivity index (χ0v) is 11.4. The van der Waals surface area contributed by atoms with Crippen LogP contribution in [0.2, 0.25) is 0 Å². The molecule has 0 spiro atoms. The fourth-order valence-electron chi connectivity index (χ4n) is 2.26. The molecular weight excluding hydrogens is 269 g/mol. The smallest absolute Gasteiger partial charge is 0.255 e. The molecular formula is C16H16FN3O. The van der Waals surface area contributed by atoms with E-state index in [1.807, 2.05) is 12.1 Å². The summed E-state index contributed by atoms with van der Waals surface area (Å²) >= 11 is 0. The van der Waals surface area contributed by atoms with E-state index in [9.17, 15) is 9.18 Å². The van der Waals surface area contributed by atoms with E-state index in [1.54, 1.807) is 36.7 Å². The Morgan fingerprint density at radius 1 is 1.33 bits per heavy atom. The lowest BCUT2D eigenvalue weighted by Gasteiger charge is -2.32. The summed E-state index contributed by atoms with van der Waals surface area (Å²) in [7, 11) is 0. The topological polar surface area (TPSA) is 54.0 Å². The normalized spacial score (nSPS) is 20.6. The van der Waals surface area contributed by atoms with Gasteiger partial charge < -0.3 is 10.6 Å². The predicted octanol–water partition coefficient (Wildman–Crippen LogP) is 2.19. The van der Waals surface area contributed by atoms with E-state index in [1.165, 1.54) is 0 Å². The van der Waals surface area contributed by atoms with Crippen LogP contribution in [0.3, 0.4) is 0 Å². The van der Waals surface area contributed by atoms with Crippen LogP contribution in [-0.2, 0) is 6.42 Å². The molecule has 108 valence electrons. The van der Waals surface area contributed by atoms with Crippen molar-refractivity contribution in [1.82, 2.24) is 10.3 Å². The van der Waals surface area contributed by atoms with E-state index in [0.29, 0.717) is 24.2 Å². The van der Waals surface area contributed by atoms with Crippen LogP contribution in [0.1, 0.15) is 15.9 Å². The van der Waals surface area contributed by atoms with Crippen LogP contribution in [0.15, 0.2) is 48.8 Å². The van der Waals surface area contributed by atoms with Crippen molar-refractivity contribution in [2.45, 2.75) is 18.6 Å². The van der Waals surface area contributed by atoms with Gasteiger partial charge >= 0.3 is 0 Å². The van der Waals surface area contributed by atoms with Crippen molar-refractivity contribution in [3.05, 3.63) is 59.9 Å². The van der Waals surface area contributed by atoms with Gasteiger partial charge in [0.2, 0.25) is 0 Å². The SMILES string of the molecule is O=C(Nc1cccnc1)c1ccc(C[C@@H]2NC[C@@H]2F)cc1. The summed E-state index contributed by atoms with van der Waals surface area (Å²) in [6, 6.07) is 10.7. The van der Waals surface area contributed by atoms with Gasteiger partial charge in [-0.25, -0.2) is 4.39 Å². The van der Waals surface area contributed by atoms with E-state index >= 15 is 0 Å². The van der Waals surface area contributed by atoms with Crippen LogP contribution in [0.25, 0.3) is 0 Å². The standard InChI is InChI=1S/C16H16FN3O/c17-14-10-19-15(14)8-11-3-5-12(6-4-11)16(21)20-13-2-1-7-18-9-13/h1-7,9,14-15,19H,8,10H2,(H,20,21)/t14-,15-/m0/s1. The van der Waals surface area contributed by atoms with Gasteiger partial charge in [-0.2, -0.15) is 0 Å². The van der Waals surface area contributed by atoms with Crippen molar-refractivity contribution in [1.29, 1.82) is 0 Å². The second-order valence-electron chi connectivity index (χ2n) is 5.13. The molecule has 4 nitrogen and oxygen atoms in total. The van der Waals surface area contributed by atoms with E-state index in [0.717, 1.165) is 5.56 Å². The Labute approximate surface area is 122 Å². The maximum absolute atomic E-state index is 13.2. The number of halogens is 1. The van der Waals surface area contributed by atoms with Gasteiger partial charge in [0.1, 0.15) is 6.17 Å². The van der Waals surface area contributed by atoms with Crippen molar-refractivity contribution < 1.29 is 9.18 Å². The predicted molar refractivity (Wildman–Crippen MR) is 79.0 cm³/mol. The third kappa shape index (κ3) is 3.25. The number of benzene rings is 1. The minimum Gasteiger partial charge on any atom is -0.321 e. The maximum Gasteiger partial charge on any atom is 0.255 e. The van der Waals surface area contributed by atoms with Crippen molar-refractivity contribution in [3.63, 3.8) is 0 Å². The minimum atomic E-state index is -0.765. The molecule has 3 rings (SSSR count). The number of rotatable bonds is 4. The Bertz CT molecular complexity index is 615. The molecule has 1 fully saturated rings. The van der Waals surface area contributed by atoms with E-state index in [-0.39, 0.29) is 11.9 Å². The summed E-state index contributed by atoms with van der Waals surface area (Å²) in [5, 5.41) is 5.83. The van der Waals surface area contributed by atoms with Crippen LogP contribution in [0.5, 0.6) is 0 Å². The molecule has 0 aliphatic carbocycles. The highest BCUT2D eigenvalue weighted by Crippen LogP contribution is 2.16. The van der Waals surface area contributed by atoms with Gasteiger partial charge in [-0.3, -0.25) is 9.78 Å². The van der Waals surface area contributed by atoms with Crippen LogP contribution in [0, 0.1) is 0 Å². The minimum absolute atomic E-state index is 0.0972. The van der Waals surface area contributed by atoms with Gasteiger partial charge in [0.05, 0.1) is 11.9 Å². The van der Waals surface area contributed by atoms with Crippen molar-refractivity contribution in [3.8, 4) is 0 Å². The fraction of sp³-hybridized carbons (Fsp3) is 0.250. The molecule has 1 amide bonds. The molecule has 1 saturated heterocycles. The van der Waals surface area contributed by atoms with Gasteiger partial charge in [0.15, 0.2) is 0 Å². The molecule has 0 unspecified atom stereocenters. The molecule has 1 aliphatic rings. The van der Waals surface area contributed by atoms with E-state index < -0.39 is 6.17 Å². The highest BCUT2D eigenvalue weighted by Gasteiger charge is 2.29. The lowest BCUT2D eigenvalue weighted by atomic mass is 9.96. The molecule has 2 aromatic rings. The quantitative estimate of drug-likeness (QED) is 0.905. The van der Waals surface area contributed by atoms with Crippen molar-refractivity contribution in [2.75, 3.05) is 11.9 Å². The Balaban J connectivity index is 1.62. The number of carbonyl (C=O) groups excluding carboxylic acids is 1. The number of aromatic nitrogens is 1. The molecule has 1 aromatic heterocycles. The Hall–Kier alpha value is -2.27. The summed E-state index contributed by atoms with van der Waals surface area (Å²) in [6.45, 7) is 0.441. The number of hydrogen-bond donors (Lipinski definition) is 2. The number of carbonyl (C=O) groups is 1. The zero-order chi connectivity index (χ0) is 14.7. The van der Waals surface area contributed by atoms with Crippen molar-refractivity contribution >= 4 is 11.6 Å². The largest absolute Gasteiger partial charge is 0.321 e. The molecule has 0 saturated carbocycles. The Morgan fingerprint density at radius 2 is 2.14 bits per heavy atom. The first-order chi connectivity index (χ1) is 10.2. The summed E-state index contributed by atoms with van der Waals surface area (Å²) in [5.74, 6) is -0.181. The molecule has 2 N–H and O–H groups in total. The van der Waals surface area contributed by atoms with E-state index in [2.05, 4.69) is 15.6 Å².